The van der Waals surface area contributed by atoms with Crippen LogP contribution in [0.15, 0.2) is 12.7 Å². The van der Waals surface area contributed by atoms with Crippen LogP contribution >= 0.6 is 0 Å². The summed E-state index contributed by atoms with van der Waals surface area (Å²) in [5.74, 6) is -4.32. The maximum Gasteiger partial charge on any atom is 0.306 e. The molecule has 222 valence electrons. The molecule has 3 unspecified atom stereocenters. The fourth-order valence-electron chi connectivity index (χ4n) is 4.94. The van der Waals surface area contributed by atoms with Gasteiger partial charge in [-0.15, -0.1) is 6.58 Å². The van der Waals surface area contributed by atoms with Gasteiger partial charge in [-0.1, -0.05) is 84.6 Å². The first-order chi connectivity index (χ1) is 18.0. The number of carbonyl (C=O) groups excluding carboxylic acids is 1. The molecule has 38 heavy (non-hydrogen) atoms. The van der Waals surface area contributed by atoms with Crippen LogP contribution in [0.5, 0.6) is 0 Å². The number of unbranched alkanes of at least 4 members (excludes halogenated alkanes) is 12. The third-order valence-electron chi connectivity index (χ3n) is 8.15. The van der Waals surface area contributed by atoms with Crippen molar-refractivity contribution in [2.75, 3.05) is 26.2 Å². The van der Waals surface area contributed by atoms with Gasteiger partial charge < -0.3 is 24.6 Å². The third kappa shape index (κ3) is 18.4. The van der Waals surface area contributed by atoms with Gasteiger partial charge in [-0.2, -0.15) is 0 Å². The van der Waals surface area contributed by atoms with Crippen molar-refractivity contribution in [2.24, 2.45) is 17.8 Å². The number of carboxylic acid groups (broad SMARTS) is 3. The number of allylic oxidation sites excluding steroid dienone is 1. The molecule has 3 atom stereocenters. The molecule has 0 bridgehead atoms. The van der Waals surface area contributed by atoms with E-state index < -0.39 is 35.7 Å². The van der Waals surface area contributed by atoms with E-state index in [2.05, 4.69) is 6.58 Å². The summed E-state index contributed by atoms with van der Waals surface area (Å²) in [4.78, 5) is 34.2. The topological polar surface area (TPSA) is 115 Å². The molecule has 0 aromatic heterocycles. The van der Waals surface area contributed by atoms with E-state index in [1.54, 1.807) is 20.8 Å². The summed E-state index contributed by atoms with van der Waals surface area (Å²) >= 11 is 0. The molecule has 0 rings (SSSR count). The monoisotopic (exact) mass is 539 g/mol. The van der Waals surface area contributed by atoms with Crippen molar-refractivity contribution in [3.05, 3.63) is 12.7 Å². The fraction of sp³-hybridized carbons (Fsp3) is 0.839. The Morgan fingerprint density at radius 1 is 0.632 bits per heavy atom. The lowest BCUT2D eigenvalue weighted by Gasteiger charge is -2.41. The Labute approximate surface area is 232 Å². The first kappa shape index (κ1) is 36.1. The zero-order valence-corrected chi connectivity index (χ0v) is 24.6. The van der Waals surface area contributed by atoms with Crippen LogP contribution < -0.4 is 5.11 Å². The van der Waals surface area contributed by atoms with Gasteiger partial charge >= 0.3 is 11.9 Å². The summed E-state index contributed by atoms with van der Waals surface area (Å²) in [5.41, 5.74) is 0. The second-order valence-electron chi connectivity index (χ2n) is 11.6. The summed E-state index contributed by atoms with van der Waals surface area (Å²) in [6.07, 6.45) is 19.4. The van der Waals surface area contributed by atoms with Crippen molar-refractivity contribution < 1.29 is 34.2 Å². The largest absolute Gasteiger partial charge is 0.550 e. The van der Waals surface area contributed by atoms with Crippen LogP contribution in [-0.2, 0) is 14.4 Å². The molecule has 0 saturated heterocycles. The Morgan fingerprint density at radius 3 is 1.32 bits per heavy atom. The lowest BCUT2D eigenvalue weighted by atomic mass is 10.0. The lowest BCUT2D eigenvalue weighted by molar-refractivity contribution is -0.929. The van der Waals surface area contributed by atoms with Gasteiger partial charge in [0.2, 0.25) is 0 Å². The van der Waals surface area contributed by atoms with E-state index in [1.165, 1.54) is 57.8 Å². The maximum absolute atomic E-state index is 11.5. The third-order valence-corrected chi connectivity index (χ3v) is 8.15. The average molecular weight is 540 g/mol. The highest BCUT2D eigenvalue weighted by Crippen LogP contribution is 2.22. The van der Waals surface area contributed by atoms with Crippen molar-refractivity contribution in [3.63, 3.8) is 0 Å². The van der Waals surface area contributed by atoms with Crippen LogP contribution in [0.2, 0.25) is 0 Å². The highest BCUT2D eigenvalue weighted by atomic mass is 16.4. The summed E-state index contributed by atoms with van der Waals surface area (Å²) < 4.78 is 0.583. The van der Waals surface area contributed by atoms with E-state index in [0.29, 0.717) is 43.4 Å². The Balaban J connectivity index is 4.74. The quantitative estimate of drug-likeness (QED) is 0.0745. The van der Waals surface area contributed by atoms with Crippen molar-refractivity contribution in [1.29, 1.82) is 0 Å². The second kappa shape index (κ2) is 22.0. The van der Waals surface area contributed by atoms with Gasteiger partial charge in [-0.3, -0.25) is 9.59 Å². The molecule has 0 saturated carbocycles. The summed E-state index contributed by atoms with van der Waals surface area (Å²) in [7, 11) is 0. The zero-order chi connectivity index (χ0) is 28.8. The average Bonchev–Trinajstić information content (AvgIpc) is 2.88. The van der Waals surface area contributed by atoms with Crippen LogP contribution in [0.1, 0.15) is 124 Å². The molecule has 0 spiro atoms. The summed E-state index contributed by atoms with van der Waals surface area (Å²) in [5, 5.41) is 30.1. The normalized spacial score (nSPS) is 15.3. The van der Waals surface area contributed by atoms with Crippen LogP contribution in [0, 0.1) is 17.8 Å². The predicted octanol–water partition coefficient (Wildman–Crippen LogP) is 6.06. The first-order valence-electron chi connectivity index (χ1n) is 15.2. The summed E-state index contributed by atoms with van der Waals surface area (Å²) in [6.45, 7) is 11.5. The minimum absolute atomic E-state index is 0.444. The van der Waals surface area contributed by atoms with Crippen LogP contribution in [0.3, 0.4) is 0 Å². The minimum atomic E-state index is -1.08. The standard InChI is InChI=1S/C31H57NO6/c1-5-6-7-8-9-10-11-12-13-14-15-16-17-18-22-32(23-19-26(2)29(33)34,24-20-27(3)30(35)36)25-21-28(4)31(37)38/h5,26-28H,1,6-25H2,2-4H3,(H2-,33,34,35,36,37,38). The Bertz CT molecular complexity index is 605. The van der Waals surface area contributed by atoms with Gasteiger partial charge in [0, 0.05) is 31.1 Å². The molecule has 7 heteroatoms. The van der Waals surface area contributed by atoms with Gasteiger partial charge in [-0.25, -0.2) is 0 Å². The molecular formula is C31H57NO6. The molecular weight excluding hydrogens is 482 g/mol. The van der Waals surface area contributed by atoms with Crippen LogP contribution in [0.4, 0.5) is 0 Å². The predicted molar refractivity (Wildman–Crippen MR) is 152 cm³/mol. The number of carboxylic acids is 3. The molecule has 0 aliphatic rings. The van der Waals surface area contributed by atoms with E-state index in [-0.39, 0.29) is 0 Å². The molecule has 0 aromatic carbocycles. The van der Waals surface area contributed by atoms with Gasteiger partial charge in [0.1, 0.15) is 0 Å². The zero-order valence-electron chi connectivity index (χ0n) is 24.6. The molecule has 7 nitrogen and oxygen atoms in total. The molecule has 0 amide bonds. The molecule has 0 radical (unpaired) electrons. The highest BCUT2D eigenvalue weighted by molar-refractivity contribution is 5.69. The van der Waals surface area contributed by atoms with Crippen LogP contribution in [-0.4, -0.2) is 58.8 Å². The maximum atomic E-state index is 11.5. The van der Waals surface area contributed by atoms with Crippen molar-refractivity contribution in [2.45, 2.75) is 124 Å². The lowest BCUT2D eigenvalue weighted by Crippen LogP contribution is -2.52. The van der Waals surface area contributed by atoms with Gasteiger partial charge in [-0.05, 0) is 25.7 Å². The number of aliphatic carboxylic acids is 3. The van der Waals surface area contributed by atoms with E-state index in [0.717, 1.165) is 32.2 Å². The second-order valence-corrected chi connectivity index (χ2v) is 11.6. The van der Waals surface area contributed by atoms with Crippen molar-refractivity contribution >= 4 is 17.9 Å². The van der Waals surface area contributed by atoms with Gasteiger partial charge in [0.15, 0.2) is 0 Å². The number of nitrogens with zero attached hydrogens (tertiary/aromatic N) is 1. The Kier molecular flexibility index (Phi) is 20.9. The number of quaternary nitrogens is 1. The van der Waals surface area contributed by atoms with Crippen molar-refractivity contribution in [1.82, 2.24) is 0 Å². The smallest absolute Gasteiger partial charge is 0.306 e. The number of rotatable bonds is 27. The molecule has 0 fully saturated rings. The highest BCUT2D eigenvalue weighted by Gasteiger charge is 2.30. The SMILES string of the molecule is C=CCCCCCCCCCCCCCC[N+](CCC(C)C(=O)[O-])(CCC(C)C(=O)O)CCC(C)C(=O)O. The Morgan fingerprint density at radius 2 is 0.974 bits per heavy atom. The van der Waals surface area contributed by atoms with E-state index >= 15 is 0 Å². The molecule has 2 N–H and O–H groups in total. The minimum Gasteiger partial charge on any atom is -0.550 e. The Hall–Kier alpha value is -1.89. The van der Waals surface area contributed by atoms with Crippen molar-refractivity contribution in [3.8, 4) is 0 Å². The van der Waals surface area contributed by atoms with Gasteiger partial charge in [0.05, 0.1) is 38.0 Å². The number of carbonyl (C=O) groups is 3. The molecule has 0 heterocycles. The van der Waals surface area contributed by atoms with Gasteiger partial charge in [0.25, 0.3) is 0 Å². The molecule has 0 aliphatic carbocycles. The molecule has 0 aromatic rings. The summed E-state index contributed by atoms with van der Waals surface area (Å²) in [6, 6.07) is 0. The fourth-order valence-corrected chi connectivity index (χ4v) is 4.94. The van der Waals surface area contributed by atoms with Crippen LogP contribution in [0.25, 0.3) is 0 Å². The number of hydrogen-bond acceptors (Lipinski definition) is 4. The van der Waals surface area contributed by atoms with E-state index in [1.807, 2.05) is 6.08 Å². The molecule has 0 aliphatic heterocycles. The van der Waals surface area contributed by atoms with E-state index in [9.17, 15) is 29.7 Å². The first-order valence-corrected chi connectivity index (χ1v) is 15.2. The van der Waals surface area contributed by atoms with E-state index in [4.69, 9.17) is 0 Å². The number of hydrogen-bond donors (Lipinski definition) is 2.